The number of para-hydroxylation sites is 1. The van der Waals surface area contributed by atoms with Crippen LogP contribution in [-0.2, 0) is 14.9 Å². The first-order valence-corrected chi connectivity index (χ1v) is 9.50. The standard InChI is InChI=1S/C21H33NO3/c1-6-22(7-2)20(23)15-21(12-13-25-19(14-21)16(3)4)17-10-8-9-11-18(17)24-5/h8-11,16,19H,6-7,12-15H2,1-5H3/t19-,21-/m0/s1. The molecule has 140 valence electrons. The molecule has 0 unspecified atom stereocenters. The van der Waals surface area contributed by atoms with Gasteiger partial charge in [0, 0.05) is 37.1 Å². The Bertz CT molecular complexity index is 568. The zero-order valence-corrected chi connectivity index (χ0v) is 16.4. The van der Waals surface area contributed by atoms with Gasteiger partial charge in [0.2, 0.25) is 5.91 Å². The molecule has 4 heteroatoms. The first-order chi connectivity index (χ1) is 12.0. The van der Waals surface area contributed by atoms with Gasteiger partial charge in [0.1, 0.15) is 5.75 Å². The predicted octanol–water partition coefficient (Wildman–Crippen LogP) is 4.03. The summed E-state index contributed by atoms with van der Waals surface area (Å²) in [7, 11) is 1.71. The number of carbonyl (C=O) groups excluding carboxylic acids is 1. The van der Waals surface area contributed by atoms with Crippen molar-refractivity contribution < 1.29 is 14.3 Å². The van der Waals surface area contributed by atoms with Crippen LogP contribution in [0.5, 0.6) is 5.75 Å². The summed E-state index contributed by atoms with van der Waals surface area (Å²) in [5.74, 6) is 1.53. The molecule has 0 N–H and O–H groups in total. The molecule has 2 rings (SSSR count). The van der Waals surface area contributed by atoms with Crippen molar-refractivity contribution in [3.05, 3.63) is 29.8 Å². The van der Waals surface area contributed by atoms with Crippen LogP contribution in [0.2, 0.25) is 0 Å². The van der Waals surface area contributed by atoms with Gasteiger partial charge in [0.15, 0.2) is 0 Å². The van der Waals surface area contributed by atoms with Crippen molar-refractivity contribution >= 4 is 5.91 Å². The highest BCUT2D eigenvalue weighted by molar-refractivity contribution is 5.78. The SMILES string of the molecule is CCN(CC)C(=O)C[C@]1(c2ccccc2OC)CCO[C@H](C(C)C)C1. The van der Waals surface area contributed by atoms with Gasteiger partial charge in [0.25, 0.3) is 0 Å². The van der Waals surface area contributed by atoms with Gasteiger partial charge in [-0.1, -0.05) is 32.0 Å². The topological polar surface area (TPSA) is 38.8 Å². The molecule has 1 aliphatic rings. The number of benzene rings is 1. The van der Waals surface area contributed by atoms with E-state index >= 15 is 0 Å². The molecule has 1 amide bonds. The average molecular weight is 347 g/mol. The van der Waals surface area contributed by atoms with Crippen LogP contribution in [0, 0.1) is 5.92 Å². The van der Waals surface area contributed by atoms with Gasteiger partial charge in [0.05, 0.1) is 13.2 Å². The molecular formula is C21H33NO3. The van der Waals surface area contributed by atoms with E-state index in [-0.39, 0.29) is 17.4 Å². The van der Waals surface area contributed by atoms with Crippen molar-refractivity contribution in [3.8, 4) is 5.75 Å². The Labute approximate surface area is 152 Å². The minimum atomic E-state index is -0.223. The van der Waals surface area contributed by atoms with Gasteiger partial charge in [-0.15, -0.1) is 0 Å². The number of nitrogens with zero attached hydrogens (tertiary/aromatic N) is 1. The summed E-state index contributed by atoms with van der Waals surface area (Å²) >= 11 is 0. The summed E-state index contributed by atoms with van der Waals surface area (Å²) in [6.45, 7) is 10.6. The number of ether oxygens (including phenoxy) is 2. The maximum Gasteiger partial charge on any atom is 0.223 e. The lowest BCUT2D eigenvalue weighted by atomic mass is 9.68. The lowest BCUT2D eigenvalue weighted by Crippen LogP contribution is -2.45. The Morgan fingerprint density at radius 2 is 2.00 bits per heavy atom. The first-order valence-electron chi connectivity index (χ1n) is 9.50. The lowest BCUT2D eigenvalue weighted by Gasteiger charge is -2.43. The minimum absolute atomic E-state index is 0.170. The summed E-state index contributed by atoms with van der Waals surface area (Å²) < 4.78 is 11.7. The fraction of sp³-hybridized carbons (Fsp3) is 0.667. The number of hydrogen-bond acceptors (Lipinski definition) is 3. The van der Waals surface area contributed by atoms with Gasteiger partial charge in [-0.05, 0) is 38.7 Å². The van der Waals surface area contributed by atoms with Crippen LogP contribution < -0.4 is 4.74 Å². The highest BCUT2D eigenvalue weighted by Crippen LogP contribution is 2.45. The molecule has 0 aliphatic carbocycles. The van der Waals surface area contributed by atoms with Crippen molar-refractivity contribution in [2.75, 3.05) is 26.8 Å². The van der Waals surface area contributed by atoms with Gasteiger partial charge in [-0.25, -0.2) is 0 Å². The fourth-order valence-corrected chi connectivity index (χ4v) is 3.94. The van der Waals surface area contributed by atoms with Crippen molar-refractivity contribution in [2.45, 2.75) is 58.5 Å². The predicted molar refractivity (Wildman–Crippen MR) is 101 cm³/mol. The van der Waals surface area contributed by atoms with E-state index in [1.54, 1.807) is 7.11 Å². The van der Waals surface area contributed by atoms with E-state index in [0.717, 1.165) is 37.2 Å². The molecule has 0 radical (unpaired) electrons. The zero-order chi connectivity index (χ0) is 18.4. The zero-order valence-electron chi connectivity index (χ0n) is 16.4. The highest BCUT2D eigenvalue weighted by Gasteiger charge is 2.43. The maximum absolute atomic E-state index is 13.0. The van der Waals surface area contributed by atoms with Crippen LogP contribution in [0.1, 0.15) is 52.5 Å². The molecule has 1 aromatic rings. The fourth-order valence-electron chi connectivity index (χ4n) is 3.94. The van der Waals surface area contributed by atoms with Crippen LogP contribution in [0.3, 0.4) is 0 Å². The molecule has 2 atom stereocenters. The van der Waals surface area contributed by atoms with Crippen LogP contribution >= 0.6 is 0 Å². The smallest absolute Gasteiger partial charge is 0.223 e. The van der Waals surface area contributed by atoms with Crippen molar-refractivity contribution in [1.29, 1.82) is 0 Å². The summed E-state index contributed by atoms with van der Waals surface area (Å²) in [5.41, 5.74) is 0.923. The Morgan fingerprint density at radius 1 is 1.32 bits per heavy atom. The first kappa shape index (κ1) is 19.8. The quantitative estimate of drug-likeness (QED) is 0.747. The van der Waals surface area contributed by atoms with E-state index in [0.29, 0.717) is 18.9 Å². The van der Waals surface area contributed by atoms with Crippen molar-refractivity contribution in [2.24, 2.45) is 5.92 Å². The molecule has 4 nitrogen and oxygen atoms in total. The van der Waals surface area contributed by atoms with E-state index in [9.17, 15) is 4.79 Å². The van der Waals surface area contributed by atoms with E-state index in [1.165, 1.54) is 0 Å². The summed E-state index contributed by atoms with van der Waals surface area (Å²) in [6, 6.07) is 8.15. The normalized spacial score (nSPS) is 23.5. The van der Waals surface area contributed by atoms with Crippen molar-refractivity contribution in [1.82, 2.24) is 4.90 Å². The van der Waals surface area contributed by atoms with Crippen molar-refractivity contribution in [3.63, 3.8) is 0 Å². The van der Waals surface area contributed by atoms with Gasteiger partial charge >= 0.3 is 0 Å². The Balaban J connectivity index is 2.42. The molecule has 25 heavy (non-hydrogen) atoms. The molecule has 0 spiro atoms. The van der Waals surface area contributed by atoms with Gasteiger partial charge < -0.3 is 14.4 Å². The highest BCUT2D eigenvalue weighted by atomic mass is 16.5. The number of carbonyl (C=O) groups is 1. The monoisotopic (exact) mass is 347 g/mol. The Kier molecular flexibility index (Phi) is 6.88. The van der Waals surface area contributed by atoms with E-state index in [2.05, 4.69) is 19.9 Å². The molecule has 1 saturated heterocycles. The lowest BCUT2D eigenvalue weighted by molar-refractivity contribution is -0.134. The second-order valence-electron chi connectivity index (χ2n) is 7.33. The average Bonchev–Trinajstić information content (AvgIpc) is 2.62. The summed E-state index contributed by atoms with van der Waals surface area (Å²) in [6.07, 6.45) is 2.40. The molecule has 1 heterocycles. The maximum atomic E-state index is 13.0. The van der Waals surface area contributed by atoms with Gasteiger partial charge in [-0.2, -0.15) is 0 Å². The van der Waals surface area contributed by atoms with E-state index in [4.69, 9.17) is 9.47 Å². The van der Waals surface area contributed by atoms with Crippen LogP contribution in [0.4, 0.5) is 0 Å². The minimum Gasteiger partial charge on any atom is -0.496 e. The van der Waals surface area contributed by atoms with Crippen LogP contribution in [0.15, 0.2) is 24.3 Å². The summed E-state index contributed by atoms with van der Waals surface area (Å²) in [4.78, 5) is 14.9. The number of hydrogen-bond donors (Lipinski definition) is 0. The summed E-state index contributed by atoms with van der Waals surface area (Å²) in [5, 5.41) is 0. The third kappa shape index (κ3) is 4.35. The Morgan fingerprint density at radius 3 is 2.60 bits per heavy atom. The molecule has 0 aromatic heterocycles. The second-order valence-corrected chi connectivity index (χ2v) is 7.33. The molecule has 1 aromatic carbocycles. The molecule has 0 bridgehead atoms. The molecular weight excluding hydrogens is 314 g/mol. The van der Waals surface area contributed by atoms with E-state index < -0.39 is 0 Å². The third-order valence-corrected chi connectivity index (χ3v) is 5.53. The van der Waals surface area contributed by atoms with E-state index in [1.807, 2.05) is 36.9 Å². The molecule has 1 fully saturated rings. The molecule has 1 aliphatic heterocycles. The largest absolute Gasteiger partial charge is 0.496 e. The number of methoxy groups -OCH3 is 1. The molecule has 0 saturated carbocycles. The van der Waals surface area contributed by atoms with Crippen LogP contribution in [-0.4, -0.2) is 43.7 Å². The Hall–Kier alpha value is -1.55. The van der Waals surface area contributed by atoms with Gasteiger partial charge in [-0.3, -0.25) is 4.79 Å². The number of amides is 1. The number of rotatable bonds is 7. The second kappa shape index (κ2) is 8.70. The van der Waals surface area contributed by atoms with Crippen LogP contribution in [0.25, 0.3) is 0 Å². The third-order valence-electron chi connectivity index (χ3n) is 5.53.